The zero-order valence-electron chi connectivity index (χ0n) is 12.2. The predicted octanol–water partition coefficient (Wildman–Crippen LogP) is 4.33. The fourth-order valence-corrected chi connectivity index (χ4v) is 3.15. The molecular weight excluding hydrogens is 319 g/mol. The second-order valence-corrected chi connectivity index (χ2v) is 5.91. The molecule has 1 heterocycles. The van der Waals surface area contributed by atoms with Crippen LogP contribution in [0.3, 0.4) is 0 Å². The van der Waals surface area contributed by atoms with Gasteiger partial charge in [0.05, 0.1) is 7.11 Å². The maximum atomic E-state index is 14.7. The molecule has 0 saturated carbocycles. The van der Waals surface area contributed by atoms with Gasteiger partial charge in [-0.1, -0.05) is 30.3 Å². The Hall–Kier alpha value is -2.60. The Balaban J connectivity index is 2.01. The predicted molar refractivity (Wildman–Crippen MR) is 86.1 cm³/mol. The molecule has 0 fully saturated rings. The topological polar surface area (TPSA) is 55.8 Å². The number of thiophene rings is 1. The van der Waals surface area contributed by atoms with Crippen LogP contribution in [-0.2, 0) is 6.61 Å². The number of carbonyl (C=O) groups is 1. The van der Waals surface area contributed by atoms with Crippen LogP contribution < -0.4 is 9.47 Å². The van der Waals surface area contributed by atoms with Crippen LogP contribution in [0.4, 0.5) is 4.39 Å². The molecule has 0 aliphatic rings. The highest BCUT2D eigenvalue weighted by atomic mass is 32.1. The summed E-state index contributed by atoms with van der Waals surface area (Å²) in [6, 6.07) is 12.3. The number of halogens is 1. The van der Waals surface area contributed by atoms with E-state index in [2.05, 4.69) is 0 Å². The van der Waals surface area contributed by atoms with Gasteiger partial charge in [-0.15, -0.1) is 11.3 Å². The number of carboxylic acids is 1. The first kappa shape index (κ1) is 15.3. The van der Waals surface area contributed by atoms with Gasteiger partial charge in [-0.3, -0.25) is 0 Å². The lowest BCUT2D eigenvalue weighted by molar-refractivity contribution is 0.0702. The summed E-state index contributed by atoms with van der Waals surface area (Å²) in [7, 11) is 1.42. The first-order valence-electron chi connectivity index (χ1n) is 6.80. The first-order chi connectivity index (χ1) is 11.1. The fraction of sp³-hybridized carbons (Fsp3) is 0.118. The minimum absolute atomic E-state index is 0.0152. The minimum atomic E-state index is -1.09. The van der Waals surface area contributed by atoms with Gasteiger partial charge in [-0.25, -0.2) is 9.18 Å². The van der Waals surface area contributed by atoms with E-state index in [9.17, 15) is 9.18 Å². The number of fused-ring (bicyclic) bond motifs is 1. The lowest BCUT2D eigenvalue weighted by Gasteiger charge is -2.12. The highest BCUT2D eigenvalue weighted by Crippen LogP contribution is 2.40. The molecule has 4 nitrogen and oxygen atoms in total. The quantitative estimate of drug-likeness (QED) is 0.756. The summed E-state index contributed by atoms with van der Waals surface area (Å²) in [5.74, 6) is -1.47. The first-order valence-corrected chi connectivity index (χ1v) is 7.62. The zero-order chi connectivity index (χ0) is 16.4. The Kier molecular flexibility index (Phi) is 4.16. The van der Waals surface area contributed by atoms with Crippen LogP contribution in [0.15, 0.2) is 42.5 Å². The van der Waals surface area contributed by atoms with Crippen LogP contribution >= 0.6 is 11.3 Å². The molecule has 0 aliphatic carbocycles. The van der Waals surface area contributed by atoms with Crippen molar-refractivity contribution < 1.29 is 23.8 Å². The van der Waals surface area contributed by atoms with Gasteiger partial charge in [0.2, 0.25) is 0 Å². The normalized spacial score (nSPS) is 10.7. The van der Waals surface area contributed by atoms with Crippen molar-refractivity contribution >= 4 is 27.4 Å². The Labute approximate surface area is 135 Å². The van der Waals surface area contributed by atoms with Gasteiger partial charge in [0.1, 0.15) is 11.5 Å². The molecule has 6 heteroatoms. The Morgan fingerprint density at radius 1 is 1.26 bits per heavy atom. The monoisotopic (exact) mass is 332 g/mol. The number of carboxylic acid groups (broad SMARTS) is 1. The number of rotatable bonds is 5. The van der Waals surface area contributed by atoms with Crippen molar-refractivity contribution in [2.75, 3.05) is 7.11 Å². The third kappa shape index (κ3) is 2.98. The van der Waals surface area contributed by atoms with Crippen LogP contribution in [0, 0.1) is 5.82 Å². The Bertz CT molecular complexity index is 858. The molecule has 0 bridgehead atoms. The summed E-state index contributed by atoms with van der Waals surface area (Å²) >= 11 is 0.997. The highest BCUT2D eigenvalue weighted by molar-refractivity contribution is 7.20. The molecule has 3 rings (SSSR count). The number of hydrogen-bond donors (Lipinski definition) is 1. The number of hydrogen-bond acceptors (Lipinski definition) is 4. The Morgan fingerprint density at radius 2 is 2.00 bits per heavy atom. The number of ether oxygens (including phenoxy) is 2. The van der Waals surface area contributed by atoms with Gasteiger partial charge in [0.25, 0.3) is 0 Å². The molecule has 1 N–H and O–H groups in total. The lowest BCUT2D eigenvalue weighted by atomic mass is 10.2. The third-order valence-corrected chi connectivity index (χ3v) is 4.41. The molecule has 1 aromatic heterocycles. The van der Waals surface area contributed by atoms with Crippen molar-refractivity contribution in [1.29, 1.82) is 0 Å². The van der Waals surface area contributed by atoms with E-state index in [1.54, 1.807) is 6.07 Å². The van der Waals surface area contributed by atoms with Gasteiger partial charge in [0.15, 0.2) is 17.3 Å². The average Bonchev–Trinajstić information content (AvgIpc) is 2.99. The highest BCUT2D eigenvalue weighted by Gasteiger charge is 2.20. The molecule has 0 atom stereocenters. The van der Waals surface area contributed by atoms with Crippen molar-refractivity contribution in [3.63, 3.8) is 0 Å². The van der Waals surface area contributed by atoms with Gasteiger partial charge in [-0.05, 0) is 11.6 Å². The molecule has 2 aromatic carbocycles. The molecule has 0 unspecified atom stereocenters. The van der Waals surface area contributed by atoms with E-state index in [-0.39, 0.29) is 28.4 Å². The third-order valence-electron chi connectivity index (χ3n) is 3.34. The van der Waals surface area contributed by atoms with Crippen molar-refractivity contribution in [3.8, 4) is 11.5 Å². The summed E-state index contributed by atoms with van der Waals surface area (Å²) in [5.41, 5.74) is 0.894. The molecule has 0 saturated heterocycles. The SMILES string of the molecule is COc1cc2sc(C(=O)O)cc2c(F)c1OCc1ccccc1. The number of benzene rings is 2. The number of methoxy groups -OCH3 is 1. The number of aromatic carboxylic acids is 1. The van der Waals surface area contributed by atoms with Crippen LogP contribution in [0.25, 0.3) is 10.1 Å². The molecule has 0 aliphatic heterocycles. The largest absolute Gasteiger partial charge is 0.493 e. The molecule has 3 aromatic rings. The van der Waals surface area contributed by atoms with Crippen molar-refractivity contribution in [2.24, 2.45) is 0 Å². The summed E-state index contributed by atoms with van der Waals surface area (Å²) in [4.78, 5) is 11.1. The van der Waals surface area contributed by atoms with Crippen LogP contribution in [-0.4, -0.2) is 18.2 Å². The van der Waals surface area contributed by atoms with Crippen molar-refractivity contribution in [2.45, 2.75) is 6.61 Å². The average molecular weight is 332 g/mol. The van der Waals surface area contributed by atoms with Gasteiger partial charge >= 0.3 is 5.97 Å². The molecular formula is C17H13FO4S. The van der Waals surface area contributed by atoms with Crippen molar-refractivity contribution in [3.05, 3.63) is 58.7 Å². The van der Waals surface area contributed by atoms with Crippen LogP contribution in [0.1, 0.15) is 15.2 Å². The molecule has 0 spiro atoms. The van der Waals surface area contributed by atoms with Gasteiger partial charge < -0.3 is 14.6 Å². The van der Waals surface area contributed by atoms with E-state index in [4.69, 9.17) is 14.6 Å². The van der Waals surface area contributed by atoms with E-state index in [0.717, 1.165) is 16.9 Å². The van der Waals surface area contributed by atoms with E-state index < -0.39 is 11.8 Å². The Morgan fingerprint density at radius 3 is 2.65 bits per heavy atom. The van der Waals surface area contributed by atoms with Gasteiger partial charge in [-0.2, -0.15) is 0 Å². The van der Waals surface area contributed by atoms with E-state index >= 15 is 0 Å². The summed E-state index contributed by atoms with van der Waals surface area (Å²) < 4.78 is 26.0. The molecule has 0 amide bonds. The summed E-state index contributed by atoms with van der Waals surface area (Å²) in [6.07, 6.45) is 0. The second kappa shape index (κ2) is 6.26. The smallest absolute Gasteiger partial charge is 0.345 e. The van der Waals surface area contributed by atoms with E-state index in [1.165, 1.54) is 13.2 Å². The van der Waals surface area contributed by atoms with Crippen LogP contribution in [0.2, 0.25) is 0 Å². The second-order valence-electron chi connectivity index (χ2n) is 4.82. The van der Waals surface area contributed by atoms with Crippen molar-refractivity contribution in [1.82, 2.24) is 0 Å². The summed E-state index contributed by atoms with van der Waals surface area (Å²) in [5, 5.41) is 9.27. The van der Waals surface area contributed by atoms with Crippen LogP contribution in [0.5, 0.6) is 11.5 Å². The molecule has 118 valence electrons. The minimum Gasteiger partial charge on any atom is -0.493 e. The lowest BCUT2D eigenvalue weighted by Crippen LogP contribution is -2.00. The zero-order valence-corrected chi connectivity index (χ0v) is 13.0. The maximum absolute atomic E-state index is 14.7. The summed E-state index contributed by atoms with van der Waals surface area (Å²) in [6.45, 7) is 0.190. The fourth-order valence-electron chi connectivity index (χ4n) is 2.22. The van der Waals surface area contributed by atoms with E-state index in [0.29, 0.717) is 4.70 Å². The van der Waals surface area contributed by atoms with Gasteiger partial charge in [0, 0.05) is 16.2 Å². The molecule has 23 heavy (non-hydrogen) atoms. The standard InChI is InChI=1S/C17H13FO4S/c1-21-12-8-13-11(7-14(23-13)17(19)20)15(18)16(12)22-9-10-5-3-2-4-6-10/h2-8H,9H2,1H3,(H,19,20). The van der Waals surface area contributed by atoms with E-state index in [1.807, 2.05) is 30.3 Å². The maximum Gasteiger partial charge on any atom is 0.345 e. The molecule has 0 radical (unpaired) electrons.